The van der Waals surface area contributed by atoms with Crippen molar-refractivity contribution in [3.05, 3.63) is 30.1 Å². The van der Waals surface area contributed by atoms with Gasteiger partial charge in [0.05, 0.1) is 0 Å². The number of carboxylic acid groups (broad SMARTS) is 1. The van der Waals surface area contributed by atoms with Crippen molar-refractivity contribution < 1.29 is 23.8 Å². The van der Waals surface area contributed by atoms with Gasteiger partial charge in [-0.3, -0.25) is 4.90 Å². The lowest BCUT2D eigenvalue weighted by Crippen LogP contribution is -2.41. The Bertz CT molecular complexity index is 460. The van der Waals surface area contributed by atoms with Gasteiger partial charge in [-0.1, -0.05) is 0 Å². The number of ether oxygens (including phenoxy) is 1. The number of nitrogens with zero attached hydrogens (tertiary/aromatic N) is 1. The molecule has 1 N–H and O–H groups in total. The molecule has 0 radical (unpaired) electrons. The number of likely N-dealkylation sites (tertiary alicyclic amines) is 1. The van der Waals surface area contributed by atoms with Gasteiger partial charge < -0.3 is 9.84 Å². The first kappa shape index (κ1) is 12.3. The Labute approximate surface area is 103 Å². The fourth-order valence-corrected chi connectivity index (χ4v) is 1.90. The van der Waals surface area contributed by atoms with E-state index in [1.54, 1.807) is 0 Å². The van der Waals surface area contributed by atoms with E-state index in [9.17, 15) is 14.0 Å². The molecular formula is C12H12FNO4. The fourth-order valence-electron chi connectivity index (χ4n) is 1.90. The highest BCUT2D eigenvalue weighted by Gasteiger charge is 2.35. The Morgan fingerprint density at radius 1 is 1.33 bits per heavy atom. The van der Waals surface area contributed by atoms with Crippen LogP contribution in [0.3, 0.4) is 0 Å². The van der Waals surface area contributed by atoms with E-state index in [4.69, 9.17) is 9.84 Å². The van der Waals surface area contributed by atoms with Crippen molar-refractivity contribution in [2.75, 3.05) is 6.54 Å². The highest BCUT2D eigenvalue weighted by Crippen LogP contribution is 2.20. The van der Waals surface area contributed by atoms with E-state index >= 15 is 0 Å². The molecule has 1 fully saturated rings. The second-order valence-electron chi connectivity index (χ2n) is 4.01. The third kappa shape index (κ3) is 2.58. The van der Waals surface area contributed by atoms with E-state index in [-0.39, 0.29) is 5.75 Å². The highest BCUT2D eigenvalue weighted by molar-refractivity contribution is 5.81. The first-order valence-electron chi connectivity index (χ1n) is 5.55. The average molecular weight is 253 g/mol. The highest BCUT2D eigenvalue weighted by atomic mass is 19.1. The van der Waals surface area contributed by atoms with Crippen LogP contribution in [-0.4, -0.2) is 34.7 Å². The Morgan fingerprint density at radius 2 is 2.00 bits per heavy atom. The Kier molecular flexibility index (Phi) is 3.45. The minimum absolute atomic E-state index is 0.192. The SMILES string of the molecule is O=C(O)C1CCCN1C(=O)Oc1ccc(F)cc1. The fraction of sp³-hybridized carbons (Fsp3) is 0.333. The zero-order valence-electron chi connectivity index (χ0n) is 9.51. The van der Waals surface area contributed by atoms with Crippen LogP contribution in [0.25, 0.3) is 0 Å². The molecule has 0 aliphatic carbocycles. The van der Waals surface area contributed by atoms with Crippen LogP contribution in [0.2, 0.25) is 0 Å². The van der Waals surface area contributed by atoms with E-state index in [0.29, 0.717) is 19.4 Å². The van der Waals surface area contributed by atoms with Crippen LogP contribution in [0.1, 0.15) is 12.8 Å². The standard InChI is InChI=1S/C12H12FNO4/c13-8-3-5-9(6-4-8)18-12(17)14-7-1-2-10(14)11(15)16/h3-6,10H,1-2,7H2,(H,15,16). The van der Waals surface area contributed by atoms with E-state index in [1.165, 1.54) is 29.2 Å². The Hall–Kier alpha value is -2.11. The number of carbonyl (C=O) groups is 2. The van der Waals surface area contributed by atoms with Crippen LogP contribution >= 0.6 is 0 Å². The first-order chi connectivity index (χ1) is 8.58. The van der Waals surface area contributed by atoms with Crippen molar-refractivity contribution in [2.24, 2.45) is 0 Å². The predicted molar refractivity (Wildman–Crippen MR) is 59.8 cm³/mol. The van der Waals surface area contributed by atoms with Gasteiger partial charge in [-0.25, -0.2) is 14.0 Å². The number of rotatable bonds is 2. The van der Waals surface area contributed by atoms with Crippen molar-refractivity contribution in [3.8, 4) is 5.75 Å². The molecule has 0 spiro atoms. The average Bonchev–Trinajstić information content (AvgIpc) is 2.81. The van der Waals surface area contributed by atoms with Crippen LogP contribution in [0.15, 0.2) is 24.3 Å². The number of aliphatic carboxylic acids is 1. The molecule has 1 heterocycles. The molecule has 1 aliphatic heterocycles. The molecule has 96 valence electrons. The van der Waals surface area contributed by atoms with Gasteiger partial charge in [-0.05, 0) is 37.1 Å². The quantitative estimate of drug-likeness (QED) is 0.873. The third-order valence-corrected chi connectivity index (χ3v) is 2.79. The van der Waals surface area contributed by atoms with Gasteiger partial charge in [0, 0.05) is 6.54 Å². The molecule has 1 saturated heterocycles. The number of amides is 1. The molecule has 1 aliphatic rings. The molecule has 2 rings (SSSR count). The van der Waals surface area contributed by atoms with E-state index in [0.717, 1.165) is 0 Å². The van der Waals surface area contributed by atoms with Gasteiger partial charge in [0.15, 0.2) is 0 Å². The molecule has 1 aromatic carbocycles. The van der Waals surface area contributed by atoms with Gasteiger partial charge in [0.25, 0.3) is 0 Å². The molecule has 0 saturated carbocycles. The van der Waals surface area contributed by atoms with Crippen LogP contribution in [-0.2, 0) is 4.79 Å². The van der Waals surface area contributed by atoms with E-state index in [1.807, 2.05) is 0 Å². The van der Waals surface area contributed by atoms with Crippen LogP contribution in [0.5, 0.6) is 5.75 Å². The maximum absolute atomic E-state index is 12.7. The van der Waals surface area contributed by atoms with Gasteiger partial charge in [0.1, 0.15) is 17.6 Å². The topological polar surface area (TPSA) is 66.8 Å². The Morgan fingerprint density at radius 3 is 2.61 bits per heavy atom. The summed E-state index contributed by atoms with van der Waals surface area (Å²) in [6, 6.07) is 4.14. The lowest BCUT2D eigenvalue weighted by Gasteiger charge is -2.20. The maximum atomic E-state index is 12.7. The molecular weight excluding hydrogens is 241 g/mol. The molecule has 6 heteroatoms. The summed E-state index contributed by atoms with van der Waals surface area (Å²) in [5.41, 5.74) is 0. The Balaban J connectivity index is 2.03. The number of hydrogen-bond donors (Lipinski definition) is 1. The largest absolute Gasteiger partial charge is 0.480 e. The zero-order chi connectivity index (χ0) is 13.1. The molecule has 0 bridgehead atoms. The third-order valence-electron chi connectivity index (χ3n) is 2.79. The number of benzene rings is 1. The normalized spacial score (nSPS) is 18.7. The zero-order valence-corrected chi connectivity index (χ0v) is 9.51. The lowest BCUT2D eigenvalue weighted by molar-refractivity contribution is -0.141. The summed E-state index contributed by atoms with van der Waals surface area (Å²) >= 11 is 0. The smallest absolute Gasteiger partial charge is 0.415 e. The molecule has 5 nitrogen and oxygen atoms in total. The summed E-state index contributed by atoms with van der Waals surface area (Å²) < 4.78 is 17.7. The van der Waals surface area contributed by atoms with Crippen molar-refractivity contribution >= 4 is 12.1 Å². The number of hydrogen-bond acceptors (Lipinski definition) is 3. The second-order valence-corrected chi connectivity index (χ2v) is 4.01. The van der Waals surface area contributed by atoms with Gasteiger partial charge in [-0.2, -0.15) is 0 Å². The summed E-state index contributed by atoms with van der Waals surface area (Å²) in [5, 5.41) is 8.94. The number of halogens is 1. The monoisotopic (exact) mass is 253 g/mol. The lowest BCUT2D eigenvalue weighted by atomic mass is 10.2. The summed E-state index contributed by atoms with van der Waals surface area (Å²) in [6.45, 7) is 0.358. The van der Waals surface area contributed by atoms with Crippen molar-refractivity contribution in [3.63, 3.8) is 0 Å². The molecule has 1 amide bonds. The summed E-state index contributed by atoms with van der Waals surface area (Å²) in [7, 11) is 0. The minimum Gasteiger partial charge on any atom is -0.480 e. The predicted octanol–water partition coefficient (Wildman–Crippen LogP) is 1.87. The van der Waals surface area contributed by atoms with Crippen molar-refractivity contribution in [2.45, 2.75) is 18.9 Å². The van der Waals surface area contributed by atoms with Gasteiger partial charge in [0.2, 0.25) is 0 Å². The van der Waals surface area contributed by atoms with E-state index in [2.05, 4.69) is 0 Å². The van der Waals surface area contributed by atoms with Crippen LogP contribution in [0, 0.1) is 5.82 Å². The molecule has 1 unspecified atom stereocenters. The summed E-state index contributed by atoms with van der Waals surface area (Å²) in [5.74, 6) is -1.28. The van der Waals surface area contributed by atoms with Crippen molar-refractivity contribution in [1.29, 1.82) is 0 Å². The van der Waals surface area contributed by atoms with Crippen LogP contribution in [0.4, 0.5) is 9.18 Å². The number of carboxylic acids is 1. The molecule has 1 aromatic rings. The summed E-state index contributed by atoms with van der Waals surface area (Å²) in [4.78, 5) is 23.8. The molecule has 18 heavy (non-hydrogen) atoms. The second kappa shape index (κ2) is 5.03. The van der Waals surface area contributed by atoms with E-state index < -0.39 is 23.9 Å². The number of carbonyl (C=O) groups excluding carboxylic acids is 1. The first-order valence-corrected chi connectivity index (χ1v) is 5.55. The summed E-state index contributed by atoms with van der Waals surface area (Å²) in [6.07, 6.45) is 0.343. The maximum Gasteiger partial charge on any atom is 0.415 e. The minimum atomic E-state index is -1.04. The molecule has 0 aromatic heterocycles. The van der Waals surface area contributed by atoms with Crippen molar-refractivity contribution in [1.82, 2.24) is 4.90 Å². The van der Waals surface area contributed by atoms with Gasteiger partial charge in [-0.15, -0.1) is 0 Å². The van der Waals surface area contributed by atoms with Crippen LogP contribution < -0.4 is 4.74 Å². The van der Waals surface area contributed by atoms with Gasteiger partial charge >= 0.3 is 12.1 Å². The molecule has 1 atom stereocenters.